The van der Waals surface area contributed by atoms with Gasteiger partial charge >= 0.3 is 0 Å². The quantitative estimate of drug-likeness (QED) is 0.669. The maximum atomic E-state index is 8.27. The van der Waals surface area contributed by atoms with Gasteiger partial charge in [0.05, 0.1) is 19.7 Å². The van der Waals surface area contributed by atoms with Crippen LogP contribution in [-0.2, 0) is 10.7 Å². The van der Waals surface area contributed by atoms with Gasteiger partial charge in [0, 0.05) is 27.8 Å². The van der Waals surface area contributed by atoms with E-state index in [2.05, 4.69) is 4.98 Å². The maximum Gasteiger partial charge on any atom is 0.162 e. The highest BCUT2D eigenvalue weighted by atomic mass is 32.2. The zero-order valence-electron chi connectivity index (χ0n) is 14.7. The highest BCUT2D eigenvalue weighted by molar-refractivity contribution is 7.87. The Kier molecular flexibility index (Phi) is 4.51. The molecule has 1 atom stereocenters. The standard InChI is InChI=1S/C20H20N2O3S/c1-23-19-11-16-17(12-20(19)24-2)22-10-9-18(16)25-13-3-5-14(6-4-13)26(21)15-7-8-15/h3-6,9-12,15,21H,7-8H2,1-2H3. The Hall–Kier alpha value is -2.60. The van der Waals surface area contributed by atoms with Crippen LogP contribution in [0.4, 0.5) is 0 Å². The third-order valence-corrected chi connectivity index (χ3v) is 6.29. The van der Waals surface area contributed by atoms with Gasteiger partial charge in [0.1, 0.15) is 11.5 Å². The Morgan fingerprint density at radius 3 is 2.31 bits per heavy atom. The molecule has 0 spiro atoms. The lowest BCUT2D eigenvalue weighted by Gasteiger charge is -2.12. The lowest BCUT2D eigenvalue weighted by molar-refractivity contribution is 0.355. The fraction of sp³-hybridized carbons (Fsp3) is 0.250. The van der Waals surface area contributed by atoms with Crippen LogP contribution < -0.4 is 14.2 Å². The molecule has 0 aliphatic heterocycles. The summed E-state index contributed by atoms with van der Waals surface area (Å²) in [6.45, 7) is 0. The van der Waals surface area contributed by atoms with E-state index < -0.39 is 10.7 Å². The van der Waals surface area contributed by atoms with Crippen LogP contribution in [0.3, 0.4) is 0 Å². The monoisotopic (exact) mass is 368 g/mol. The van der Waals surface area contributed by atoms with Crippen LogP contribution in [0.1, 0.15) is 12.8 Å². The van der Waals surface area contributed by atoms with Crippen LogP contribution in [0.5, 0.6) is 23.0 Å². The van der Waals surface area contributed by atoms with Gasteiger partial charge in [0.15, 0.2) is 11.5 Å². The molecular formula is C20H20N2O3S. The number of benzene rings is 2. The molecular weight excluding hydrogens is 348 g/mol. The normalized spacial score (nSPS) is 14.8. The van der Waals surface area contributed by atoms with Crippen LogP contribution in [-0.4, -0.2) is 24.5 Å². The van der Waals surface area contributed by atoms with Gasteiger partial charge < -0.3 is 14.2 Å². The Morgan fingerprint density at radius 2 is 1.65 bits per heavy atom. The van der Waals surface area contributed by atoms with Gasteiger partial charge in [-0.15, -0.1) is 0 Å². The largest absolute Gasteiger partial charge is 0.493 e. The molecule has 1 unspecified atom stereocenters. The van der Waals surface area contributed by atoms with Crippen molar-refractivity contribution in [3.05, 3.63) is 48.7 Å². The predicted octanol–water partition coefficient (Wildman–Crippen LogP) is 4.95. The van der Waals surface area contributed by atoms with Gasteiger partial charge in [-0.25, -0.2) is 0 Å². The molecule has 2 aromatic carbocycles. The number of nitrogens with one attached hydrogen (secondary N) is 1. The molecule has 1 heterocycles. The van der Waals surface area contributed by atoms with Gasteiger partial charge in [-0.3, -0.25) is 9.76 Å². The number of ether oxygens (including phenoxy) is 3. The molecule has 0 amide bonds. The van der Waals surface area contributed by atoms with Crippen LogP contribution >= 0.6 is 0 Å². The van der Waals surface area contributed by atoms with Gasteiger partial charge in [0.25, 0.3) is 0 Å². The Morgan fingerprint density at radius 1 is 0.962 bits per heavy atom. The zero-order valence-corrected chi connectivity index (χ0v) is 15.5. The third kappa shape index (κ3) is 3.24. The van der Waals surface area contributed by atoms with E-state index in [-0.39, 0.29) is 0 Å². The van der Waals surface area contributed by atoms with Gasteiger partial charge in [-0.1, -0.05) is 10.7 Å². The van der Waals surface area contributed by atoms with Gasteiger partial charge in [-0.2, -0.15) is 0 Å². The van der Waals surface area contributed by atoms with Crippen LogP contribution in [0, 0.1) is 4.78 Å². The fourth-order valence-electron chi connectivity index (χ4n) is 2.81. The van der Waals surface area contributed by atoms with E-state index >= 15 is 0 Å². The summed E-state index contributed by atoms with van der Waals surface area (Å²) in [5.41, 5.74) is 0.776. The second-order valence-corrected chi connectivity index (χ2v) is 7.96. The fourth-order valence-corrected chi connectivity index (χ4v) is 4.24. The lowest BCUT2D eigenvalue weighted by atomic mass is 10.2. The number of hydrogen-bond acceptors (Lipinski definition) is 5. The molecule has 0 bridgehead atoms. The number of hydrogen-bond donors (Lipinski definition) is 1. The summed E-state index contributed by atoms with van der Waals surface area (Å²) in [5, 5.41) is 1.40. The van der Waals surface area contributed by atoms with E-state index in [0.29, 0.717) is 22.5 Å². The zero-order chi connectivity index (χ0) is 18.1. The Labute approximate surface area is 154 Å². The smallest absolute Gasteiger partial charge is 0.162 e. The number of aromatic nitrogens is 1. The highest BCUT2D eigenvalue weighted by Crippen LogP contribution is 2.37. The summed E-state index contributed by atoms with van der Waals surface area (Å²) in [5.74, 6) is 2.71. The average molecular weight is 368 g/mol. The lowest BCUT2D eigenvalue weighted by Crippen LogP contribution is -1.96. The van der Waals surface area contributed by atoms with Crippen molar-refractivity contribution >= 4 is 21.6 Å². The van der Waals surface area contributed by atoms with Crippen molar-refractivity contribution in [2.45, 2.75) is 23.0 Å². The molecule has 1 aliphatic rings. The van der Waals surface area contributed by atoms with Crippen molar-refractivity contribution in [3.63, 3.8) is 0 Å². The number of fused-ring (bicyclic) bond motifs is 1. The SMILES string of the molecule is COc1cc2nccc(Oc3ccc(S(=N)C4CC4)cc3)c2cc1OC. The van der Waals surface area contributed by atoms with Crippen molar-refractivity contribution < 1.29 is 14.2 Å². The van der Waals surface area contributed by atoms with Crippen LogP contribution in [0.25, 0.3) is 10.9 Å². The molecule has 0 saturated heterocycles. The van der Waals surface area contributed by atoms with E-state index in [1.165, 1.54) is 12.8 Å². The summed E-state index contributed by atoms with van der Waals surface area (Å²) in [6, 6.07) is 13.4. The summed E-state index contributed by atoms with van der Waals surface area (Å²) < 4.78 is 25.1. The summed E-state index contributed by atoms with van der Waals surface area (Å²) in [7, 11) is 2.81. The first-order valence-electron chi connectivity index (χ1n) is 8.42. The van der Waals surface area contributed by atoms with E-state index in [9.17, 15) is 0 Å². The number of nitrogens with zero attached hydrogens (tertiary/aromatic N) is 1. The van der Waals surface area contributed by atoms with Crippen molar-refractivity contribution in [2.75, 3.05) is 14.2 Å². The minimum absolute atomic E-state index is 0.405. The van der Waals surface area contributed by atoms with Crippen molar-refractivity contribution in [1.29, 1.82) is 4.78 Å². The molecule has 1 N–H and O–H groups in total. The first kappa shape index (κ1) is 16.8. The van der Waals surface area contributed by atoms with Crippen molar-refractivity contribution in [3.8, 4) is 23.0 Å². The molecule has 1 saturated carbocycles. The molecule has 3 aromatic rings. The number of rotatable bonds is 6. The molecule has 4 rings (SSSR count). The molecule has 6 heteroatoms. The molecule has 1 fully saturated rings. The van der Waals surface area contributed by atoms with Gasteiger partial charge in [-0.05, 0) is 49.2 Å². The number of methoxy groups -OCH3 is 2. The van der Waals surface area contributed by atoms with E-state index in [0.717, 1.165) is 21.5 Å². The summed E-state index contributed by atoms with van der Waals surface area (Å²) in [6.07, 6.45) is 4.07. The Balaban J connectivity index is 1.65. The second kappa shape index (κ2) is 6.96. The van der Waals surface area contributed by atoms with Crippen molar-refractivity contribution in [1.82, 2.24) is 4.98 Å². The summed E-state index contributed by atoms with van der Waals surface area (Å²) in [4.78, 5) is 5.47. The third-order valence-electron chi connectivity index (χ3n) is 4.37. The topological polar surface area (TPSA) is 64.4 Å². The van der Waals surface area contributed by atoms with E-state index in [4.69, 9.17) is 19.0 Å². The first-order valence-corrected chi connectivity index (χ1v) is 9.71. The van der Waals surface area contributed by atoms with Gasteiger partial charge in [0.2, 0.25) is 0 Å². The minimum atomic E-state index is -0.405. The minimum Gasteiger partial charge on any atom is -0.493 e. The second-order valence-electron chi connectivity index (χ2n) is 6.14. The maximum absolute atomic E-state index is 8.27. The molecule has 5 nitrogen and oxygen atoms in total. The van der Waals surface area contributed by atoms with Crippen LogP contribution in [0.2, 0.25) is 0 Å². The average Bonchev–Trinajstić information content (AvgIpc) is 3.52. The molecule has 134 valence electrons. The highest BCUT2D eigenvalue weighted by Gasteiger charge is 2.26. The first-order chi connectivity index (χ1) is 12.7. The Bertz CT molecular complexity index is 969. The molecule has 26 heavy (non-hydrogen) atoms. The predicted molar refractivity (Wildman–Crippen MR) is 103 cm³/mol. The van der Waals surface area contributed by atoms with Crippen molar-refractivity contribution in [2.24, 2.45) is 0 Å². The number of pyridine rings is 1. The molecule has 1 aromatic heterocycles. The van der Waals surface area contributed by atoms with E-state index in [1.807, 2.05) is 42.5 Å². The van der Waals surface area contributed by atoms with E-state index in [1.54, 1.807) is 20.4 Å². The molecule has 1 aliphatic carbocycles. The molecule has 0 radical (unpaired) electrons. The van der Waals surface area contributed by atoms with Crippen LogP contribution in [0.15, 0.2) is 53.6 Å². The summed E-state index contributed by atoms with van der Waals surface area (Å²) >= 11 is 0.